The summed E-state index contributed by atoms with van der Waals surface area (Å²) in [4.78, 5) is 37.4. The number of hydrogen-bond acceptors (Lipinski definition) is 6. The number of nitrogens with zero attached hydrogens (tertiary/aromatic N) is 2. The average molecular weight is 361 g/mol. The Morgan fingerprint density at radius 2 is 2.12 bits per heavy atom. The Kier molecular flexibility index (Phi) is 4.32. The monoisotopic (exact) mass is 361 g/mol. The molecule has 0 bridgehead atoms. The molecule has 1 aromatic carbocycles. The molecule has 0 aliphatic carbocycles. The molecule has 25 heavy (non-hydrogen) atoms. The van der Waals surface area contributed by atoms with Crippen LogP contribution >= 0.6 is 11.8 Å². The van der Waals surface area contributed by atoms with Gasteiger partial charge in [0.25, 0.3) is 5.24 Å². The first kappa shape index (κ1) is 17.5. The molecule has 0 fully saturated rings. The van der Waals surface area contributed by atoms with Crippen molar-refractivity contribution < 1.29 is 19.1 Å². The highest BCUT2D eigenvalue weighted by atomic mass is 32.2. The zero-order valence-corrected chi connectivity index (χ0v) is 15.3. The molecule has 1 N–H and O–H groups in total. The minimum atomic E-state index is -0.854. The number of benzene rings is 1. The summed E-state index contributed by atoms with van der Waals surface area (Å²) in [5.41, 5.74) is 4.41. The number of hydrazone groups is 1. The summed E-state index contributed by atoms with van der Waals surface area (Å²) in [6.45, 7) is 7.35. The quantitative estimate of drug-likeness (QED) is 0.875. The summed E-state index contributed by atoms with van der Waals surface area (Å²) in [5, 5.41) is 3.85. The molecule has 1 aromatic rings. The predicted molar refractivity (Wildman–Crippen MR) is 96.1 cm³/mol. The number of carbonyl (C=O) groups is 3. The Morgan fingerprint density at radius 1 is 1.40 bits per heavy atom. The smallest absolute Gasteiger partial charge is 0.421 e. The first-order valence-electron chi connectivity index (χ1n) is 7.97. The Hall–Kier alpha value is -2.35. The van der Waals surface area contributed by atoms with Crippen LogP contribution in [0.4, 0.5) is 15.3 Å². The second-order valence-corrected chi connectivity index (χ2v) is 7.67. The van der Waals surface area contributed by atoms with Gasteiger partial charge in [-0.15, -0.1) is 0 Å². The molecule has 0 unspecified atom stereocenters. The molecule has 8 heteroatoms. The number of nitrogens with one attached hydrogen (secondary N) is 1. The summed E-state index contributed by atoms with van der Waals surface area (Å²) in [7, 11) is 0. The van der Waals surface area contributed by atoms with E-state index < -0.39 is 11.5 Å². The number of anilines is 1. The summed E-state index contributed by atoms with van der Waals surface area (Å²) in [6.07, 6.45) is -0.668. The first-order chi connectivity index (χ1) is 11.8. The Morgan fingerprint density at radius 3 is 2.76 bits per heavy atom. The van der Waals surface area contributed by atoms with E-state index in [9.17, 15) is 14.4 Å². The number of ether oxygens (including phenoxy) is 1. The van der Waals surface area contributed by atoms with E-state index in [1.165, 1.54) is 0 Å². The maximum Gasteiger partial charge on any atom is 0.421 e. The van der Waals surface area contributed by atoms with Crippen LogP contribution in [0, 0.1) is 0 Å². The van der Waals surface area contributed by atoms with Crippen LogP contribution in [0.1, 0.15) is 38.8 Å². The lowest BCUT2D eigenvalue weighted by Gasteiger charge is -2.20. The summed E-state index contributed by atoms with van der Waals surface area (Å²) < 4.78 is 5.01. The molecular formula is C17H19N3O4S. The lowest BCUT2D eigenvalue weighted by molar-refractivity contribution is -0.121. The van der Waals surface area contributed by atoms with E-state index in [0.29, 0.717) is 5.69 Å². The standard InChI is InChI=1S/C17H19N3O4S/c1-5-24-16(23)20-12-7-6-10(8-11(12)17(3,4)14(20)21)13-9(2)25-15(22)19-18-13/h6-9H,5H2,1-4H3,(H,19,22)/t9-/m1/s1. The molecule has 1 atom stereocenters. The van der Waals surface area contributed by atoms with Crippen LogP contribution in [0.2, 0.25) is 0 Å². The van der Waals surface area contributed by atoms with Crippen LogP contribution in [-0.4, -0.2) is 34.8 Å². The second-order valence-electron chi connectivity index (χ2n) is 6.35. The van der Waals surface area contributed by atoms with Crippen LogP contribution < -0.4 is 10.3 Å². The number of thioether (sulfide) groups is 1. The highest BCUT2D eigenvalue weighted by Crippen LogP contribution is 2.42. The van der Waals surface area contributed by atoms with E-state index in [4.69, 9.17) is 4.74 Å². The van der Waals surface area contributed by atoms with Crippen molar-refractivity contribution in [2.75, 3.05) is 11.5 Å². The van der Waals surface area contributed by atoms with Gasteiger partial charge in [-0.05, 0) is 51.0 Å². The predicted octanol–water partition coefficient (Wildman–Crippen LogP) is 3.02. The maximum atomic E-state index is 12.7. The molecule has 0 aromatic heterocycles. The fourth-order valence-corrected chi connectivity index (χ4v) is 3.72. The third-order valence-electron chi connectivity index (χ3n) is 4.33. The number of rotatable bonds is 2. The number of fused-ring (bicyclic) bond motifs is 1. The molecule has 0 radical (unpaired) electrons. The molecule has 2 heterocycles. The summed E-state index contributed by atoms with van der Waals surface area (Å²) in [6, 6.07) is 5.39. The van der Waals surface area contributed by atoms with Crippen LogP contribution in [0.3, 0.4) is 0 Å². The fraction of sp³-hybridized carbons (Fsp3) is 0.412. The van der Waals surface area contributed by atoms with E-state index in [2.05, 4.69) is 10.5 Å². The van der Waals surface area contributed by atoms with Crippen LogP contribution in [0.5, 0.6) is 0 Å². The topological polar surface area (TPSA) is 88.1 Å². The van der Waals surface area contributed by atoms with Gasteiger partial charge in [0.05, 0.1) is 28.7 Å². The van der Waals surface area contributed by atoms with Gasteiger partial charge < -0.3 is 4.74 Å². The van der Waals surface area contributed by atoms with Crippen molar-refractivity contribution in [3.05, 3.63) is 29.3 Å². The van der Waals surface area contributed by atoms with Crippen molar-refractivity contribution in [1.82, 2.24) is 5.43 Å². The number of amides is 3. The normalized spacial score (nSPS) is 21.5. The minimum absolute atomic E-state index is 0.104. The highest BCUT2D eigenvalue weighted by molar-refractivity contribution is 8.14. The van der Waals surface area contributed by atoms with E-state index in [1.54, 1.807) is 32.9 Å². The highest BCUT2D eigenvalue weighted by Gasteiger charge is 2.47. The van der Waals surface area contributed by atoms with E-state index >= 15 is 0 Å². The van der Waals surface area contributed by atoms with Crippen molar-refractivity contribution in [2.24, 2.45) is 5.10 Å². The Labute approximate surface area is 149 Å². The van der Waals surface area contributed by atoms with Crippen LogP contribution in [0.15, 0.2) is 23.3 Å². The molecule has 0 saturated heterocycles. The summed E-state index contributed by atoms with van der Waals surface area (Å²) in [5.74, 6) is -0.320. The van der Waals surface area contributed by atoms with Gasteiger partial charge in [-0.2, -0.15) is 5.10 Å². The molecule has 132 valence electrons. The zero-order chi connectivity index (χ0) is 18.4. The van der Waals surface area contributed by atoms with E-state index in [1.807, 2.05) is 13.0 Å². The van der Waals surface area contributed by atoms with Gasteiger partial charge in [0.15, 0.2) is 0 Å². The fourth-order valence-electron chi connectivity index (χ4n) is 3.00. The van der Waals surface area contributed by atoms with Gasteiger partial charge in [0.1, 0.15) is 0 Å². The van der Waals surface area contributed by atoms with E-state index in [0.717, 1.165) is 33.5 Å². The lowest BCUT2D eigenvalue weighted by atomic mass is 9.85. The second kappa shape index (κ2) is 6.18. The third-order valence-corrected chi connectivity index (χ3v) is 5.21. The van der Waals surface area contributed by atoms with Gasteiger partial charge >= 0.3 is 6.09 Å². The van der Waals surface area contributed by atoms with Gasteiger partial charge in [0, 0.05) is 0 Å². The zero-order valence-electron chi connectivity index (χ0n) is 14.5. The Bertz CT molecular complexity index is 803. The molecule has 0 saturated carbocycles. The van der Waals surface area contributed by atoms with Crippen molar-refractivity contribution >= 4 is 40.4 Å². The number of carbonyl (C=O) groups excluding carboxylic acids is 3. The molecular weight excluding hydrogens is 342 g/mol. The maximum absolute atomic E-state index is 12.7. The van der Waals surface area contributed by atoms with Crippen molar-refractivity contribution in [3.63, 3.8) is 0 Å². The number of hydrogen-bond donors (Lipinski definition) is 1. The molecule has 3 rings (SSSR count). The van der Waals surface area contributed by atoms with Crippen LogP contribution in [-0.2, 0) is 14.9 Å². The van der Waals surface area contributed by atoms with Crippen molar-refractivity contribution in [2.45, 2.75) is 38.4 Å². The van der Waals surface area contributed by atoms with Gasteiger partial charge in [0.2, 0.25) is 5.91 Å². The van der Waals surface area contributed by atoms with Gasteiger partial charge in [-0.3, -0.25) is 9.59 Å². The SMILES string of the molecule is CCOC(=O)N1C(=O)C(C)(C)c2cc(C3=NNC(=O)S[C@@H]3C)ccc21. The lowest BCUT2D eigenvalue weighted by Crippen LogP contribution is -2.40. The van der Waals surface area contributed by atoms with E-state index in [-0.39, 0.29) is 23.0 Å². The minimum Gasteiger partial charge on any atom is -0.449 e. The van der Waals surface area contributed by atoms with Gasteiger partial charge in [-0.25, -0.2) is 15.1 Å². The Balaban J connectivity index is 2.05. The summed E-state index contributed by atoms with van der Waals surface area (Å²) >= 11 is 1.16. The first-order valence-corrected chi connectivity index (χ1v) is 8.85. The van der Waals surface area contributed by atoms with Crippen molar-refractivity contribution in [1.29, 1.82) is 0 Å². The molecule has 0 spiro atoms. The molecule has 2 aliphatic rings. The average Bonchev–Trinajstić information content (AvgIpc) is 2.74. The largest absolute Gasteiger partial charge is 0.449 e. The molecule has 3 amide bonds. The molecule has 7 nitrogen and oxygen atoms in total. The molecule has 2 aliphatic heterocycles. The van der Waals surface area contributed by atoms with Crippen molar-refractivity contribution in [3.8, 4) is 0 Å². The number of imide groups is 1. The van der Waals surface area contributed by atoms with Crippen LogP contribution in [0.25, 0.3) is 0 Å². The third kappa shape index (κ3) is 2.80. The van der Waals surface area contributed by atoms with Gasteiger partial charge in [-0.1, -0.05) is 17.8 Å².